The largest absolute Gasteiger partial charge is 0.315 e. The Hall–Kier alpha value is -0.310. The Balaban J connectivity index is 2.10. The number of hydrogen-bond donors (Lipinski definition) is 1. The van der Waals surface area contributed by atoms with E-state index in [0.29, 0.717) is 22.9 Å². The molecular weight excluding hydrogens is 272 g/mol. The molecule has 0 unspecified atom stereocenters. The Morgan fingerprint density at radius 3 is 2.72 bits per heavy atom. The maximum atomic E-state index is 13.9. The monoisotopic (exact) mass is 287 g/mol. The van der Waals surface area contributed by atoms with Gasteiger partial charge in [0.15, 0.2) is 0 Å². The van der Waals surface area contributed by atoms with Crippen LogP contribution in [0.1, 0.15) is 25.3 Å². The fourth-order valence-electron chi connectivity index (χ4n) is 3.82. The molecule has 0 spiro atoms. The molecular formula is C14H16Cl2FN. The van der Waals surface area contributed by atoms with Gasteiger partial charge in [0.25, 0.3) is 0 Å². The SMILES string of the molecule is C[C@@]12CNC[C@]1(c1ccc(Cl)c(Cl)c1)C[C@H](F)C2. The van der Waals surface area contributed by atoms with Gasteiger partial charge in [-0.15, -0.1) is 0 Å². The average Bonchev–Trinajstić information content (AvgIpc) is 2.71. The fourth-order valence-corrected chi connectivity index (χ4v) is 4.12. The van der Waals surface area contributed by atoms with E-state index in [1.165, 1.54) is 0 Å². The third kappa shape index (κ3) is 1.62. The second kappa shape index (κ2) is 4.09. The van der Waals surface area contributed by atoms with Gasteiger partial charge in [-0.05, 0) is 36.0 Å². The summed E-state index contributed by atoms with van der Waals surface area (Å²) >= 11 is 12.1. The van der Waals surface area contributed by atoms with Crippen LogP contribution in [0.3, 0.4) is 0 Å². The predicted octanol–water partition coefficient (Wildman–Crippen LogP) is 3.97. The number of fused-ring (bicyclic) bond motifs is 1. The smallest absolute Gasteiger partial charge is 0.102 e. The van der Waals surface area contributed by atoms with Crippen molar-refractivity contribution in [3.63, 3.8) is 0 Å². The number of hydrogen-bond acceptors (Lipinski definition) is 1. The summed E-state index contributed by atoms with van der Waals surface area (Å²) in [4.78, 5) is 0. The molecule has 1 saturated heterocycles. The quantitative estimate of drug-likeness (QED) is 0.824. The first-order chi connectivity index (χ1) is 8.47. The molecule has 1 heterocycles. The summed E-state index contributed by atoms with van der Waals surface area (Å²) in [5, 5.41) is 4.53. The zero-order chi connectivity index (χ0) is 13.0. The van der Waals surface area contributed by atoms with Crippen molar-refractivity contribution < 1.29 is 4.39 Å². The predicted molar refractivity (Wildman–Crippen MR) is 73.2 cm³/mol. The summed E-state index contributed by atoms with van der Waals surface area (Å²) in [6.45, 7) is 3.87. The minimum Gasteiger partial charge on any atom is -0.315 e. The maximum absolute atomic E-state index is 13.9. The van der Waals surface area contributed by atoms with E-state index in [0.717, 1.165) is 18.7 Å². The van der Waals surface area contributed by atoms with Gasteiger partial charge in [-0.25, -0.2) is 4.39 Å². The molecule has 0 aromatic heterocycles. The Labute approximate surface area is 117 Å². The molecule has 4 heteroatoms. The molecule has 1 aromatic carbocycles. The molecule has 18 heavy (non-hydrogen) atoms. The van der Waals surface area contributed by atoms with Gasteiger partial charge in [-0.3, -0.25) is 0 Å². The van der Waals surface area contributed by atoms with Crippen molar-refractivity contribution in [3.8, 4) is 0 Å². The van der Waals surface area contributed by atoms with Crippen molar-refractivity contribution in [2.24, 2.45) is 5.41 Å². The number of halogens is 3. The first kappa shape index (κ1) is 12.7. The molecule has 1 aliphatic heterocycles. The van der Waals surface area contributed by atoms with Crippen LogP contribution in [0.15, 0.2) is 18.2 Å². The van der Waals surface area contributed by atoms with E-state index >= 15 is 0 Å². The van der Waals surface area contributed by atoms with Gasteiger partial charge in [0, 0.05) is 18.5 Å². The van der Waals surface area contributed by atoms with Gasteiger partial charge in [0.1, 0.15) is 6.17 Å². The highest BCUT2D eigenvalue weighted by Crippen LogP contribution is 2.57. The Bertz CT molecular complexity index is 493. The molecule has 1 aliphatic carbocycles. The zero-order valence-corrected chi connectivity index (χ0v) is 11.8. The maximum Gasteiger partial charge on any atom is 0.102 e. The van der Waals surface area contributed by atoms with Crippen LogP contribution in [0.5, 0.6) is 0 Å². The van der Waals surface area contributed by atoms with Crippen LogP contribution in [-0.4, -0.2) is 19.3 Å². The molecule has 98 valence electrons. The van der Waals surface area contributed by atoms with E-state index in [1.807, 2.05) is 18.2 Å². The van der Waals surface area contributed by atoms with Gasteiger partial charge in [0.2, 0.25) is 0 Å². The van der Waals surface area contributed by atoms with Crippen molar-refractivity contribution in [2.75, 3.05) is 13.1 Å². The summed E-state index contributed by atoms with van der Waals surface area (Å²) in [6, 6.07) is 5.73. The van der Waals surface area contributed by atoms with Crippen molar-refractivity contribution >= 4 is 23.2 Å². The lowest BCUT2D eigenvalue weighted by Crippen LogP contribution is -2.38. The third-order valence-corrected chi connectivity index (χ3v) is 5.55. The molecule has 2 fully saturated rings. The van der Waals surface area contributed by atoms with Crippen molar-refractivity contribution in [2.45, 2.75) is 31.4 Å². The third-order valence-electron chi connectivity index (χ3n) is 4.81. The second-order valence-corrected chi connectivity index (χ2v) is 6.70. The molecule has 1 saturated carbocycles. The summed E-state index contributed by atoms with van der Waals surface area (Å²) in [7, 11) is 0. The number of rotatable bonds is 1. The lowest BCUT2D eigenvalue weighted by atomic mass is 9.65. The molecule has 0 bridgehead atoms. The molecule has 1 N–H and O–H groups in total. The van der Waals surface area contributed by atoms with E-state index in [9.17, 15) is 4.39 Å². The van der Waals surface area contributed by atoms with Crippen molar-refractivity contribution in [3.05, 3.63) is 33.8 Å². The average molecular weight is 288 g/mol. The van der Waals surface area contributed by atoms with E-state index in [2.05, 4.69) is 12.2 Å². The van der Waals surface area contributed by atoms with Crippen LogP contribution in [0.4, 0.5) is 4.39 Å². The van der Waals surface area contributed by atoms with Crippen LogP contribution in [0.2, 0.25) is 10.0 Å². The van der Waals surface area contributed by atoms with E-state index < -0.39 is 6.17 Å². The van der Waals surface area contributed by atoms with Crippen LogP contribution >= 0.6 is 23.2 Å². The van der Waals surface area contributed by atoms with E-state index in [4.69, 9.17) is 23.2 Å². The molecule has 0 radical (unpaired) electrons. The summed E-state index contributed by atoms with van der Waals surface area (Å²) in [5.41, 5.74) is 0.953. The number of alkyl halides is 1. The van der Waals surface area contributed by atoms with Gasteiger partial charge in [-0.1, -0.05) is 36.2 Å². The molecule has 3 atom stereocenters. The van der Waals surface area contributed by atoms with Crippen LogP contribution < -0.4 is 5.32 Å². The minimum absolute atomic E-state index is 0.0242. The normalized spacial score (nSPS) is 39.0. The Morgan fingerprint density at radius 1 is 1.22 bits per heavy atom. The van der Waals surface area contributed by atoms with E-state index in [-0.39, 0.29) is 10.8 Å². The lowest BCUT2D eigenvalue weighted by molar-refractivity contribution is 0.248. The Morgan fingerprint density at radius 2 is 2.00 bits per heavy atom. The summed E-state index contributed by atoms with van der Waals surface area (Å²) in [6.07, 6.45) is 0.487. The fraction of sp³-hybridized carbons (Fsp3) is 0.571. The highest BCUT2D eigenvalue weighted by atomic mass is 35.5. The van der Waals surface area contributed by atoms with Crippen LogP contribution in [-0.2, 0) is 5.41 Å². The van der Waals surface area contributed by atoms with Gasteiger partial charge >= 0.3 is 0 Å². The van der Waals surface area contributed by atoms with Crippen molar-refractivity contribution in [1.82, 2.24) is 5.32 Å². The highest BCUT2D eigenvalue weighted by molar-refractivity contribution is 6.42. The number of benzene rings is 1. The van der Waals surface area contributed by atoms with Gasteiger partial charge in [-0.2, -0.15) is 0 Å². The number of nitrogens with one attached hydrogen (secondary N) is 1. The summed E-state index contributed by atoms with van der Waals surface area (Å²) < 4.78 is 13.9. The van der Waals surface area contributed by atoms with Gasteiger partial charge in [0.05, 0.1) is 10.0 Å². The minimum atomic E-state index is -0.716. The van der Waals surface area contributed by atoms with Crippen LogP contribution in [0.25, 0.3) is 0 Å². The molecule has 1 aromatic rings. The van der Waals surface area contributed by atoms with Crippen LogP contribution in [0, 0.1) is 5.41 Å². The molecule has 0 amide bonds. The first-order valence-electron chi connectivity index (χ1n) is 6.27. The molecule has 3 rings (SSSR count). The highest BCUT2D eigenvalue weighted by Gasteiger charge is 2.59. The van der Waals surface area contributed by atoms with Gasteiger partial charge < -0.3 is 5.32 Å². The zero-order valence-electron chi connectivity index (χ0n) is 10.3. The lowest BCUT2D eigenvalue weighted by Gasteiger charge is -2.37. The molecule has 1 nitrogen and oxygen atoms in total. The molecule has 2 aliphatic rings. The Kier molecular flexibility index (Phi) is 2.89. The first-order valence-corrected chi connectivity index (χ1v) is 7.03. The van der Waals surface area contributed by atoms with Crippen molar-refractivity contribution in [1.29, 1.82) is 0 Å². The summed E-state index contributed by atoms with van der Waals surface area (Å²) in [5.74, 6) is 0. The second-order valence-electron chi connectivity index (χ2n) is 5.88. The van der Waals surface area contributed by atoms with E-state index in [1.54, 1.807) is 0 Å². The topological polar surface area (TPSA) is 12.0 Å². The standard InChI is InChI=1S/C14H16Cl2FN/c1-13-5-10(17)6-14(13,8-18-7-13)9-2-3-11(15)12(16)4-9/h2-4,10,18H,5-8H2,1H3/t10-,13-,14+/m1/s1.